The minimum atomic E-state index is -0.0696. The van der Waals surface area contributed by atoms with E-state index in [0.29, 0.717) is 18.0 Å². The summed E-state index contributed by atoms with van der Waals surface area (Å²) in [6.07, 6.45) is 2.61. The fraction of sp³-hybridized carbons (Fsp3) is 0.333. The van der Waals surface area contributed by atoms with Crippen molar-refractivity contribution in [1.82, 2.24) is 15.1 Å². The summed E-state index contributed by atoms with van der Waals surface area (Å²) in [7, 11) is 1.88. The molecule has 0 aliphatic rings. The summed E-state index contributed by atoms with van der Waals surface area (Å²) < 4.78 is 1.75. The molecule has 0 fully saturated rings. The van der Waals surface area contributed by atoms with Crippen molar-refractivity contribution in [3.05, 3.63) is 39.3 Å². The zero-order valence-electron chi connectivity index (χ0n) is 12.1. The highest BCUT2D eigenvalue weighted by Gasteiger charge is 2.11. The van der Waals surface area contributed by atoms with E-state index in [1.807, 2.05) is 32.3 Å². The lowest BCUT2D eigenvalue weighted by Gasteiger charge is -2.01. The second-order valence-corrected chi connectivity index (χ2v) is 5.67. The van der Waals surface area contributed by atoms with Crippen LogP contribution in [0.2, 0.25) is 0 Å². The van der Waals surface area contributed by atoms with Crippen molar-refractivity contribution in [3.63, 3.8) is 0 Å². The molecule has 0 aliphatic heterocycles. The summed E-state index contributed by atoms with van der Waals surface area (Å²) >= 11 is 1.40. The Labute approximate surface area is 128 Å². The average Bonchev–Trinajstić information content (AvgIpc) is 3.03. The molecule has 0 unspecified atom stereocenters. The van der Waals surface area contributed by atoms with E-state index >= 15 is 0 Å². The predicted molar refractivity (Wildman–Crippen MR) is 84.2 cm³/mol. The Hall–Kier alpha value is -2.10. The monoisotopic (exact) mass is 302 g/mol. The van der Waals surface area contributed by atoms with Gasteiger partial charge >= 0.3 is 0 Å². The normalized spacial score (nSPS) is 10.0. The first-order valence-corrected chi connectivity index (χ1v) is 7.48. The Kier molecular flexibility index (Phi) is 5.14. The smallest absolute Gasteiger partial charge is 0.261 e. The number of thiophene rings is 1. The number of nitrogens with two attached hydrogens (primary N) is 1. The van der Waals surface area contributed by atoms with Crippen molar-refractivity contribution in [3.8, 4) is 11.8 Å². The predicted octanol–water partition coefficient (Wildman–Crippen LogP) is 1.07. The first-order valence-electron chi connectivity index (χ1n) is 6.66. The maximum Gasteiger partial charge on any atom is 0.261 e. The van der Waals surface area contributed by atoms with Crippen molar-refractivity contribution in [2.45, 2.75) is 13.3 Å². The van der Waals surface area contributed by atoms with Gasteiger partial charge in [0.25, 0.3) is 5.91 Å². The van der Waals surface area contributed by atoms with Gasteiger partial charge < -0.3 is 11.1 Å². The number of aryl methyl sites for hydroxylation is 2. The number of aromatic nitrogens is 2. The van der Waals surface area contributed by atoms with E-state index < -0.39 is 0 Å². The molecule has 21 heavy (non-hydrogen) atoms. The van der Waals surface area contributed by atoms with Crippen LogP contribution >= 0.6 is 11.3 Å². The van der Waals surface area contributed by atoms with Crippen LogP contribution in [0.4, 0.5) is 0 Å². The van der Waals surface area contributed by atoms with E-state index in [1.54, 1.807) is 4.68 Å². The number of nitrogens with one attached hydrogen (secondary N) is 1. The number of hydrogen-bond acceptors (Lipinski definition) is 4. The maximum atomic E-state index is 12.1. The topological polar surface area (TPSA) is 72.9 Å². The summed E-state index contributed by atoms with van der Waals surface area (Å²) in [6, 6.07) is 3.81. The highest BCUT2D eigenvalue weighted by atomic mass is 32.1. The van der Waals surface area contributed by atoms with Crippen LogP contribution in [0.25, 0.3) is 0 Å². The van der Waals surface area contributed by atoms with Crippen LogP contribution < -0.4 is 11.1 Å². The van der Waals surface area contributed by atoms with Crippen molar-refractivity contribution >= 4 is 17.2 Å². The Morgan fingerprint density at radius 2 is 2.38 bits per heavy atom. The van der Waals surface area contributed by atoms with Crippen molar-refractivity contribution in [1.29, 1.82) is 0 Å². The van der Waals surface area contributed by atoms with E-state index in [2.05, 4.69) is 22.3 Å². The molecule has 110 valence electrons. The lowest BCUT2D eigenvalue weighted by molar-refractivity contribution is 0.0958. The molecule has 5 nitrogen and oxygen atoms in total. The van der Waals surface area contributed by atoms with Crippen LogP contribution in [0.1, 0.15) is 25.8 Å². The van der Waals surface area contributed by atoms with Gasteiger partial charge in [0.05, 0.1) is 22.0 Å². The molecule has 2 heterocycles. The minimum Gasteiger partial charge on any atom is -0.351 e. The Balaban J connectivity index is 1.91. The quantitative estimate of drug-likeness (QED) is 0.830. The standard InChI is InChI=1S/C15H18N4OS/c1-11-10-14(21-13(11)4-3-7-16)15(20)17-8-5-12-6-9-19(2)18-12/h6,9-10H,5,7-8,16H2,1-2H3,(H,17,20). The van der Waals surface area contributed by atoms with Crippen LogP contribution in [-0.2, 0) is 13.5 Å². The van der Waals surface area contributed by atoms with Crippen molar-refractivity contribution in [2.24, 2.45) is 12.8 Å². The Morgan fingerprint density at radius 3 is 3.05 bits per heavy atom. The number of nitrogens with zero attached hydrogens (tertiary/aromatic N) is 2. The van der Waals surface area contributed by atoms with E-state index in [1.165, 1.54) is 11.3 Å². The van der Waals surface area contributed by atoms with Crippen LogP contribution in [-0.4, -0.2) is 28.8 Å². The largest absolute Gasteiger partial charge is 0.351 e. The second-order valence-electron chi connectivity index (χ2n) is 4.62. The fourth-order valence-corrected chi connectivity index (χ4v) is 2.80. The molecular weight excluding hydrogens is 284 g/mol. The lowest BCUT2D eigenvalue weighted by Crippen LogP contribution is -2.25. The molecule has 2 aromatic heterocycles. The molecule has 1 amide bonds. The average molecular weight is 302 g/mol. The highest BCUT2D eigenvalue weighted by molar-refractivity contribution is 7.14. The third-order valence-corrected chi connectivity index (χ3v) is 4.03. The van der Waals surface area contributed by atoms with Gasteiger partial charge in [-0.1, -0.05) is 11.8 Å². The van der Waals surface area contributed by atoms with Crippen molar-refractivity contribution < 1.29 is 4.79 Å². The van der Waals surface area contributed by atoms with Crippen LogP contribution in [0, 0.1) is 18.8 Å². The first kappa shape index (κ1) is 15.3. The van der Waals surface area contributed by atoms with Gasteiger partial charge in [-0.05, 0) is 24.6 Å². The summed E-state index contributed by atoms with van der Waals surface area (Å²) in [5.74, 6) is 5.72. The maximum absolute atomic E-state index is 12.1. The molecule has 0 saturated carbocycles. The molecule has 0 spiro atoms. The molecule has 3 N–H and O–H groups in total. The fourth-order valence-electron chi connectivity index (χ4n) is 1.84. The zero-order valence-corrected chi connectivity index (χ0v) is 13.0. The molecule has 2 rings (SSSR count). The number of amides is 1. The molecular formula is C15H18N4OS. The molecule has 0 atom stereocenters. The van der Waals surface area contributed by atoms with E-state index in [9.17, 15) is 4.79 Å². The van der Waals surface area contributed by atoms with E-state index in [-0.39, 0.29) is 5.91 Å². The first-order chi connectivity index (χ1) is 10.1. The number of carbonyl (C=O) groups is 1. The number of hydrogen-bond donors (Lipinski definition) is 2. The summed E-state index contributed by atoms with van der Waals surface area (Å²) in [4.78, 5) is 13.7. The van der Waals surface area contributed by atoms with Crippen LogP contribution in [0.15, 0.2) is 18.3 Å². The number of carbonyl (C=O) groups excluding carboxylic acids is 1. The summed E-state index contributed by atoms with van der Waals surface area (Å²) in [6.45, 7) is 2.83. The summed E-state index contributed by atoms with van der Waals surface area (Å²) in [5.41, 5.74) is 7.34. The van der Waals surface area contributed by atoms with Gasteiger partial charge in [-0.15, -0.1) is 11.3 Å². The highest BCUT2D eigenvalue weighted by Crippen LogP contribution is 2.20. The third-order valence-electron chi connectivity index (χ3n) is 2.88. The van der Waals surface area contributed by atoms with Crippen LogP contribution in [0.3, 0.4) is 0 Å². The Bertz CT molecular complexity index is 690. The van der Waals surface area contributed by atoms with Gasteiger partial charge in [0.15, 0.2) is 0 Å². The van der Waals surface area contributed by atoms with Gasteiger partial charge in [-0.2, -0.15) is 5.10 Å². The van der Waals surface area contributed by atoms with Gasteiger partial charge in [0.2, 0.25) is 0 Å². The molecule has 0 radical (unpaired) electrons. The molecule has 6 heteroatoms. The summed E-state index contributed by atoms with van der Waals surface area (Å²) in [5, 5.41) is 7.17. The van der Waals surface area contributed by atoms with Crippen molar-refractivity contribution in [2.75, 3.05) is 13.1 Å². The van der Waals surface area contributed by atoms with E-state index in [0.717, 1.165) is 22.6 Å². The number of rotatable bonds is 4. The van der Waals surface area contributed by atoms with Gasteiger partial charge in [-0.3, -0.25) is 9.48 Å². The van der Waals surface area contributed by atoms with Gasteiger partial charge in [-0.25, -0.2) is 0 Å². The second kappa shape index (κ2) is 7.07. The molecule has 0 aliphatic carbocycles. The Morgan fingerprint density at radius 1 is 1.57 bits per heavy atom. The minimum absolute atomic E-state index is 0.0696. The van der Waals surface area contributed by atoms with Gasteiger partial charge in [0.1, 0.15) is 0 Å². The van der Waals surface area contributed by atoms with Gasteiger partial charge in [0, 0.05) is 26.2 Å². The van der Waals surface area contributed by atoms with Crippen LogP contribution in [0.5, 0.6) is 0 Å². The lowest BCUT2D eigenvalue weighted by atomic mass is 10.2. The molecule has 0 saturated heterocycles. The molecule has 0 bridgehead atoms. The zero-order chi connectivity index (χ0) is 15.2. The van der Waals surface area contributed by atoms with E-state index in [4.69, 9.17) is 5.73 Å². The molecule has 0 aromatic carbocycles. The third kappa shape index (κ3) is 4.18. The SMILES string of the molecule is Cc1cc(C(=O)NCCc2ccn(C)n2)sc1C#CCN. The molecule has 2 aromatic rings.